The van der Waals surface area contributed by atoms with Gasteiger partial charge in [0.15, 0.2) is 5.65 Å². The third-order valence-corrected chi connectivity index (χ3v) is 4.16. The molecule has 1 saturated heterocycles. The van der Waals surface area contributed by atoms with Gasteiger partial charge < -0.3 is 20.3 Å². The van der Waals surface area contributed by atoms with Gasteiger partial charge >= 0.3 is 4.87 Å². The van der Waals surface area contributed by atoms with Crippen molar-refractivity contribution in [2.24, 2.45) is 0 Å². The molecule has 2 aromatic rings. The van der Waals surface area contributed by atoms with Crippen LogP contribution in [0, 0.1) is 0 Å². The molecule has 3 rings (SSSR count). The van der Waals surface area contributed by atoms with Crippen LogP contribution in [0.2, 0.25) is 0 Å². The summed E-state index contributed by atoms with van der Waals surface area (Å²) in [5.41, 5.74) is 5.80. The number of anilines is 1. The summed E-state index contributed by atoms with van der Waals surface area (Å²) >= 11 is 1.07. The maximum atomic E-state index is 10.8. The molecule has 0 radical (unpaired) electrons. The molecule has 1 fully saturated rings. The normalized spacial score (nSPS) is 20.4. The van der Waals surface area contributed by atoms with Crippen LogP contribution in [0.5, 0.6) is 0 Å². The monoisotopic (exact) mass is 342 g/mol. The summed E-state index contributed by atoms with van der Waals surface area (Å²) in [6.07, 6.45) is 4.74. The van der Waals surface area contributed by atoms with Crippen molar-refractivity contribution in [3.8, 4) is 0 Å². The fourth-order valence-corrected chi connectivity index (χ4v) is 2.79. The van der Waals surface area contributed by atoms with Gasteiger partial charge in [-0.3, -0.25) is 9.78 Å². The van der Waals surface area contributed by atoms with Gasteiger partial charge in [-0.15, -0.1) is 0 Å². The highest BCUT2D eigenvalue weighted by atomic mass is 32.1. The van der Waals surface area contributed by atoms with E-state index in [9.17, 15) is 4.79 Å². The number of H-pyrrole nitrogens is 1. The summed E-state index contributed by atoms with van der Waals surface area (Å²) in [6, 6.07) is 0. The molecule has 0 bridgehead atoms. The zero-order chi connectivity index (χ0) is 16.7. The third kappa shape index (κ3) is 5.24. The Balaban J connectivity index is 0.000000167. The number of thiazole rings is 1. The lowest BCUT2D eigenvalue weighted by Gasteiger charge is -2.16. The van der Waals surface area contributed by atoms with Crippen molar-refractivity contribution in [2.45, 2.75) is 38.4 Å². The van der Waals surface area contributed by atoms with Crippen molar-refractivity contribution in [3.05, 3.63) is 15.9 Å². The van der Waals surface area contributed by atoms with Crippen molar-refractivity contribution in [2.75, 3.05) is 25.6 Å². The predicted molar refractivity (Wildman–Crippen MR) is 88.5 cm³/mol. The van der Waals surface area contributed by atoms with Crippen LogP contribution in [0.1, 0.15) is 26.2 Å². The summed E-state index contributed by atoms with van der Waals surface area (Å²) in [4.78, 5) is 20.7. The molecule has 0 spiro atoms. The number of nitrogens with two attached hydrogens (primary N) is 1. The van der Waals surface area contributed by atoms with Gasteiger partial charge in [-0.2, -0.15) is 4.98 Å². The molecule has 4 N–H and O–H groups in total. The number of unbranched alkanes of at least 4 members (excludes halogenated alkanes) is 1. The number of aromatic amines is 1. The van der Waals surface area contributed by atoms with Crippen LogP contribution < -0.4 is 10.6 Å². The molecule has 0 amide bonds. The lowest BCUT2D eigenvalue weighted by atomic mass is 10.2. The first-order valence-corrected chi connectivity index (χ1v) is 8.41. The molecule has 1 aliphatic rings. The van der Waals surface area contributed by atoms with Crippen molar-refractivity contribution in [1.82, 2.24) is 15.0 Å². The van der Waals surface area contributed by atoms with E-state index in [2.05, 4.69) is 21.9 Å². The highest BCUT2D eigenvalue weighted by Gasteiger charge is 2.27. The van der Waals surface area contributed by atoms with Gasteiger partial charge in [-0.25, -0.2) is 4.98 Å². The first-order chi connectivity index (χ1) is 11.1. The van der Waals surface area contributed by atoms with Crippen LogP contribution in [-0.4, -0.2) is 52.1 Å². The van der Waals surface area contributed by atoms with E-state index in [-0.39, 0.29) is 29.6 Å². The molecule has 0 aromatic carbocycles. The number of aliphatic hydroxyl groups excluding tert-OH is 1. The number of nitrogens with zero attached hydrogens (tertiary/aromatic N) is 2. The van der Waals surface area contributed by atoms with Crippen molar-refractivity contribution in [1.29, 1.82) is 0 Å². The van der Waals surface area contributed by atoms with E-state index in [0.29, 0.717) is 5.65 Å². The second-order valence-electron chi connectivity index (χ2n) is 5.10. The van der Waals surface area contributed by atoms with Gasteiger partial charge in [-0.1, -0.05) is 24.7 Å². The Labute approximate surface area is 137 Å². The van der Waals surface area contributed by atoms with Crippen molar-refractivity contribution >= 4 is 27.6 Å². The quantitative estimate of drug-likeness (QED) is 0.690. The van der Waals surface area contributed by atoms with Gasteiger partial charge in [0.25, 0.3) is 0 Å². The minimum absolute atomic E-state index is 0.0802. The summed E-state index contributed by atoms with van der Waals surface area (Å²) in [5.74, 6) is 0.173. The lowest BCUT2D eigenvalue weighted by Crippen LogP contribution is -2.28. The van der Waals surface area contributed by atoms with E-state index in [4.69, 9.17) is 20.3 Å². The standard InChI is InChI=1S/C9H18O3.C5H4N4OS/c1-2-3-5-11-8-4-6-12-9(8)7-10;6-4-7-1-2-3(8-4)9-5(10)11-2/h8-10H,2-7H2,1H3;1H,(H3,6,7,8,9,10). The number of rotatable bonds is 5. The van der Waals surface area contributed by atoms with Crippen LogP contribution in [0.3, 0.4) is 0 Å². The molecule has 1 aliphatic heterocycles. The Morgan fingerprint density at radius 1 is 1.61 bits per heavy atom. The van der Waals surface area contributed by atoms with Gasteiger partial charge in [-0.05, 0) is 12.8 Å². The number of ether oxygens (including phenoxy) is 2. The van der Waals surface area contributed by atoms with Gasteiger partial charge in [0, 0.05) is 13.2 Å². The molecule has 3 heterocycles. The van der Waals surface area contributed by atoms with Gasteiger partial charge in [0.2, 0.25) is 5.95 Å². The number of hydrogen-bond acceptors (Lipinski definition) is 8. The molecule has 2 unspecified atom stereocenters. The topological polar surface area (TPSA) is 123 Å². The first-order valence-electron chi connectivity index (χ1n) is 7.59. The Bertz CT molecular complexity index is 660. The largest absolute Gasteiger partial charge is 0.394 e. The summed E-state index contributed by atoms with van der Waals surface area (Å²) < 4.78 is 11.6. The summed E-state index contributed by atoms with van der Waals surface area (Å²) in [7, 11) is 0. The van der Waals surface area contributed by atoms with E-state index in [1.54, 1.807) is 0 Å². The Morgan fingerprint density at radius 3 is 3.17 bits per heavy atom. The molecular weight excluding hydrogens is 320 g/mol. The Morgan fingerprint density at radius 2 is 2.43 bits per heavy atom. The minimum Gasteiger partial charge on any atom is -0.394 e. The molecule has 2 atom stereocenters. The predicted octanol–water partition coefficient (Wildman–Crippen LogP) is 0.915. The second-order valence-corrected chi connectivity index (χ2v) is 6.11. The summed E-state index contributed by atoms with van der Waals surface area (Å²) in [6.45, 7) is 3.73. The fourth-order valence-electron chi connectivity index (χ4n) is 2.14. The third-order valence-electron chi connectivity index (χ3n) is 3.36. The highest BCUT2D eigenvalue weighted by Crippen LogP contribution is 2.16. The van der Waals surface area contributed by atoms with E-state index in [0.717, 1.165) is 48.5 Å². The number of aliphatic hydroxyl groups is 1. The maximum Gasteiger partial charge on any atom is 0.306 e. The average molecular weight is 342 g/mol. The van der Waals surface area contributed by atoms with E-state index < -0.39 is 0 Å². The van der Waals surface area contributed by atoms with Crippen LogP contribution >= 0.6 is 11.3 Å². The van der Waals surface area contributed by atoms with Crippen LogP contribution in [0.25, 0.3) is 10.3 Å². The van der Waals surface area contributed by atoms with E-state index in [1.165, 1.54) is 6.20 Å². The molecule has 0 saturated carbocycles. The SMILES string of the molecule is CCCCOC1CCOC1CO.Nc1ncc2sc(=O)[nH]c2n1. The number of hydrogen-bond donors (Lipinski definition) is 3. The molecule has 8 nitrogen and oxygen atoms in total. The molecule has 9 heteroatoms. The maximum absolute atomic E-state index is 10.8. The Kier molecular flexibility index (Phi) is 6.90. The average Bonchev–Trinajstić information content (AvgIpc) is 3.13. The van der Waals surface area contributed by atoms with Crippen LogP contribution in [0.15, 0.2) is 11.0 Å². The van der Waals surface area contributed by atoms with E-state index in [1.807, 2.05) is 0 Å². The first kappa shape index (κ1) is 17.8. The number of aromatic nitrogens is 3. The summed E-state index contributed by atoms with van der Waals surface area (Å²) in [5, 5.41) is 8.89. The highest BCUT2D eigenvalue weighted by molar-refractivity contribution is 7.16. The molecule has 0 aliphatic carbocycles. The molecule has 2 aromatic heterocycles. The smallest absolute Gasteiger partial charge is 0.306 e. The van der Waals surface area contributed by atoms with Crippen molar-refractivity contribution in [3.63, 3.8) is 0 Å². The zero-order valence-corrected chi connectivity index (χ0v) is 13.8. The zero-order valence-electron chi connectivity index (χ0n) is 13.0. The number of fused-ring (bicyclic) bond motifs is 1. The molecular formula is C14H22N4O4S. The number of nitrogens with one attached hydrogen (secondary N) is 1. The minimum atomic E-state index is -0.139. The van der Waals surface area contributed by atoms with Crippen LogP contribution in [-0.2, 0) is 9.47 Å². The lowest BCUT2D eigenvalue weighted by molar-refractivity contribution is -0.0336. The molecule has 128 valence electrons. The van der Waals surface area contributed by atoms with E-state index >= 15 is 0 Å². The van der Waals surface area contributed by atoms with Gasteiger partial charge in [0.1, 0.15) is 6.10 Å². The van der Waals surface area contributed by atoms with Crippen LogP contribution in [0.4, 0.5) is 5.95 Å². The van der Waals surface area contributed by atoms with Gasteiger partial charge in [0.05, 0.1) is 23.6 Å². The Hall–Kier alpha value is -1.55. The number of nitrogen functional groups attached to an aromatic ring is 1. The second kappa shape index (κ2) is 8.92. The van der Waals surface area contributed by atoms with Crippen molar-refractivity contribution < 1.29 is 14.6 Å². The fraction of sp³-hybridized carbons (Fsp3) is 0.643. The molecule has 23 heavy (non-hydrogen) atoms.